The standard InChI is InChI=1S/C32H36F2N2O4/c1-20(2)40-31-25(18-28(22-6-7-22)29(30(31)34)23-8-12-26(33)13-9-23)19-35(4)16-5-17-36(21(3)37)27-14-10-24(11-15-27)32(38)39/h8-15,18,20,22H,5-7,16-17,19H2,1-4H3,(H,38,39). The van der Waals surface area contributed by atoms with Gasteiger partial charge in [0.05, 0.1) is 11.7 Å². The second-order valence-electron chi connectivity index (χ2n) is 10.7. The number of hydrogen-bond acceptors (Lipinski definition) is 4. The van der Waals surface area contributed by atoms with E-state index in [0.717, 1.165) is 24.0 Å². The number of anilines is 1. The average molecular weight is 551 g/mol. The fourth-order valence-corrected chi connectivity index (χ4v) is 4.93. The first kappa shape index (κ1) is 29.2. The summed E-state index contributed by atoms with van der Waals surface area (Å²) in [5.74, 6) is -1.45. The summed E-state index contributed by atoms with van der Waals surface area (Å²) < 4.78 is 35.8. The molecule has 1 saturated carbocycles. The van der Waals surface area contributed by atoms with Gasteiger partial charge in [-0.3, -0.25) is 4.79 Å². The minimum Gasteiger partial charge on any atom is -0.488 e. The molecule has 0 aromatic heterocycles. The van der Waals surface area contributed by atoms with E-state index < -0.39 is 11.8 Å². The highest BCUT2D eigenvalue weighted by atomic mass is 19.1. The first-order chi connectivity index (χ1) is 19.0. The molecule has 1 fully saturated rings. The maximum Gasteiger partial charge on any atom is 0.335 e. The molecule has 0 bridgehead atoms. The van der Waals surface area contributed by atoms with E-state index in [1.54, 1.807) is 29.2 Å². The van der Waals surface area contributed by atoms with Gasteiger partial charge in [-0.05, 0) is 106 Å². The number of aromatic carboxylic acids is 1. The van der Waals surface area contributed by atoms with Crippen LogP contribution in [-0.4, -0.2) is 48.1 Å². The Hall–Kier alpha value is -3.78. The molecule has 0 saturated heterocycles. The van der Waals surface area contributed by atoms with Crippen LogP contribution in [0.3, 0.4) is 0 Å². The van der Waals surface area contributed by atoms with E-state index in [1.807, 2.05) is 27.0 Å². The smallest absolute Gasteiger partial charge is 0.335 e. The summed E-state index contributed by atoms with van der Waals surface area (Å²) in [6.07, 6.45) is 2.40. The maximum absolute atomic E-state index is 16.2. The lowest BCUT2D eigenvalue weighted by Gasteiger charge is -2.25. The third kappa shape index (κ3) is 7.04. The Morgan fingerprint density at radius 3 is 2.23 bits per heavy atom. The molecule has 1 N–H and O–H groups in total. The first-order valence-corrected chi connectivity index (χ1v) is 13.6. The van der Waals surface area contributed by atoms with Crippen molar-refractivity contribution >= 4 is 17.6 Å². The second-order valence-corrected chi connectivity index (χ2v) is 10.7. The molecule has 0 heterocycles. The molecule has 0 aliphatic heterocycles. The van der Waals surface area contributed by atoms with Crippen molar-refractivity contribution in [2.24, 2.45) is 0 Å². The minimum atomic E-state index is -1.02. The number of rotatable bonds is 12. The van der Waals surface area contributed by atoms with Crippen molar-refractivity contribution in [1.29, 1.82) is 0 Å². The van der Waals surface area contributed by atoms with Crippen molar-refractivity contribution in [1.82, 2.24) is 4.90 Å². The van der Waals surface area contributed by atoms with Gasteiger partial charge in [-0.25, -0.2) is 13.6 Å². The largest absolute Gasteiger partial charge is 0.488 e. The quantitative estimate of drug-likeness (QED) is 0.267. The Kier molecular flexibility index (Phi) is 9.20. The van der Waals surface area contributed by atoms with E-state index in [2.05, 4.69) is 4.90 Å². The lowest BCUT2D eigenvalue weighted by atomic mass is 9.93. The zero-order chi connectivity index (χ0) is 29.0. The van der Waals surface area contributed by atoms with Gasteiger partial charge >= 0.3 is 5.97 Å². The highest BCUT2D eigenvalue weighted by Crippen LogP contribution is 2.48. The van der Waals surface area contributed by atoms with Gasteiger partial charge in [0.25, 0.3) is 0 Å². The molecular weight excluding hydrogens is 514 g/mol. The van der Waals surface area contributed by atoms with Gasteiger partial charge < -0.3 is 19.6 Å². The van der Waals surface area contributed by atoms with E-state index in [-0.39, 0.29) is 35.1 Å². The van der Waals surface area contributed by atoms with Crippen molar-refractivity contribution in [3.63, 3.8) is 0 Å². The Morgan fingerprint density at radius 1 is 1.02 bits per heavy atom. The molecule has 3 aromatic carbocycles. The first-order valence-electron chi connectivity index (χ1n) is 13.6. The van der Waals surface area contributed by atoms with E-state index in [1.165, 1.54) is 31.2 Å². The number of benzene rings is 3. The minimum absolute atomic E-state index is 0.133. The molecule has 0 radical (unpaired) electrons. The van der Waals surface area contributed by atoms with Crippen molar-refractivity contribution in [2.45, 2.75) is 58.6 Å². The molecule has 1 aliphatic rings. The summed E-state index contributed by atoms with van der Waals surface area (Å²) in [4.78, 5) is 27.1. The van der Waals surface area contributed by atoms with Crippen LogP contribution >= 0.6 is 0 Å². The molecule has 1 aliphatic carbocycles. The lowest BCUT2D eigenvalue weighted by Crippen LogP contribution is -2.32. The van der Waals surface area contributed by atoms with Gasteiger partial charge in [0.15, 0.2) is 11.6 Å². The Balaban J connectivity index is 1.52. The van der Waals surface area contributed by atoms with Crippen molar-refractivity contribution in [2.75, 3.05) is 25.0 Å². The Labute approximate surface area is 234 Å². The monoisotopic (exact) mass is 550 g/mol. The Morgan fingerprint density at radius 2 is 1.68 bits per heavy atom. The number of ether oxygens (including phenoxy) is 1. The molecule has 40 heavy (non-hydrogen) atoms. The summed E-state index contributed by atoms with van der Waals surface area (Å²) in [5, 5.41) is 9.13. The van der Waals surface area contributed by atoms with Gasteiger partial charge in [-0.15, -0.1) is 0 Å². The van der Waals surface area contributed by atoms with E-state index in [0.29, 0.717) is 42.9 Å². The SMILES string of the molecule is CC(=O)N(CCCN(C)Cc1cc(C2CC2)c(-c2ccc(F)cc2)c(F)c1OC(C)C)c1ccc(C(=O)O)cc1. The molecular formula is C32H36F2N2O4. The van der Waals surface area contributed by atoms with Crippen molar-refractivity contribution in [3.8, 4) is 16.9 Å². The van der Waals surface area contributed by atoms with Crippen molar-refractivity contribution < 1.29 is 28.2 Å². The molecule has 3 aromatic rings. The van der Waals surface area contributed by atoms with Crippen LogP contribution < -0.4 is 9.64 Å². The number of carbonyl (C=O) groups is 2. The molecule has 0 spiro atoms. The van der Waals surface area contributed by atoms with E-state index in [9.17, 15) is 14.0 Å². The average Bonchev–Trinajstić information content (AvgIpc) is 3.74. The van der Waals surface area contributed by atoms with Crippen LogP contribution in [0.25, 0.3) is 11.1 Å². The molecule has 4 rings (SSSR count). The van der Waals surface area contributed by atoms with Gasteiger partial charge in [0.1, 0.15) is 5.82 Å². The molecule has 6 nitrogen and oxygen atoms in total. The highest BCUT2D eigenvalue weighted by Gasteiger charge is 2.31. The molecule has 1 amide bonds. The lowest BCUT2D eigenvalue weighted by molar-refractivity contribution is -0.116. The van der Waals surface area contributed by atoms with Gasteiger partial charge in [-0.1, -0.05) is 12.1 Å². The van der Waals surface area contributed by atoms with E-state index >= 15 is 4.39 Å². The second kappa shape index (κ2) is 12.6. The van der Waals surface area contributed by atoms with Gasteiger partial charge in [-0.2, -0.15) is 0 Å². The molecule has 0 unspecified atom stereocenters. The molecule has 212 valence electrons. The van der Waals surface area contributed by atoms with Crippen LogP contribution in [0, 0.1) is 11.6 Å². The number of carboxylic acids is 1. The van der Waals surface area contributed by atoms with Crippen LogP contribution in [0.5, 0.6) is 5.75 Å². The fraction of sp³-hybridized carbons (Fsp3) is 0.375. The predicted molar refractivity (Wildman–Crippen MR) is 152 cm³/mol. The number of carboxylic acid groups (broad SMARTS) is 1. The number of nitrogens with zero attached hydrogens (tertiary/aromatic N) is 2. The number of hydrogen-bond donors (Lipinski definition) is 1. The summed E-state index contributed by atoms with van der Waals surface area (Å²) in [7, 11) is 1.95. The predicted octanol–water partition coefficient (Wildman–Crippen LogP) is 6.87. The van der Waals surface area contributed by atoms with Crippen LogP contribution in [0.2, 0.25) is 0 Å². The number of amides is 1. The summed E-state index contributed by atoms with van der Waals surface area (Å²) >= 11 is 0. The third-order valence-electron chi connectivity index (χ3n) is 7.00. The zero-order valence-corrected chi connectivity index (χ0v) is 23.4. The van der Waals surface area contributed by atoms with Gasteiger partial charge in [0.2, 0.25) is 5.91 Å². The maximum atomic E-state index is 16.2. The van der Waals surface area contributed by atoms with Gasteiger partial charge in [0, 0.05) is 36.8 Å². The van der Waals surface area contributed by atoms with Crippen LogP contribution in [0.4, 0.5) is 14.5 Å². The summed E-state index contributed by atoms with van der Waals surface area (Å²) in [6, 6.07) is 14.2. The third-order valence-corrected chi connectivity index (χ3v) is 7.00. The van der Waals surface area contributed by atoms with Crippen molar-refractivity contribution in [3.05, 3.63) is 82.9 Å². The Bertz CT molecular complexity index is 1350. The fourth-order valence-electron chi connectivity index (χ4n) is 4.93. The normalized spacial score (nSPS) is 13.1. The zero-order valence-electron chi connectivity index (χ0n) is 23.4. The van der Waals surface area contributed by atoms with E-state index in [4.69, 9.17) is 9.84 Å². The summed E-state index contributed by atoms with van der Waals surface area (Å²) in [5.41, 5.74) is 3.60. The molecule has 0 atom stereocenters. The number of halogens is 2. The topological polar surface area (TPSA) is 70.1 Å². The van der Waals surface area contributed by atoms with Crippen LogP contribution in [0.15, 0.2) is 54.6 Å². The summed E-state index contributed by atoms with van der Waals surface area (Å²) in [6.45, 7) is 6.74. The highest BCUT2D eigenvalue weighted by molar-refractivity contribution is 5.93. The molecule has 8 heteroatoms. The van der Waals surface area contributed by atoms with Crippen LogP contribution in [-0.2, 0) is 11.3 Å². The number of carbonyl (C=O) groups excluding carboxylic acids is 1. The van der Waals surface area contributed by atoms with Crippen LogP contribution in [0.1, 0.15) is 67.4 Å².